The number of H-pyrrole nitrogens is 1. The summed E-state index contributed by atoms with van der Waals surface area (Å²) in [5, 5.41) is 2.33. The van der Waals surface area contributed by atoms with Gasteiger partial charge in [-0.1, -0.05) is 18.6 Å². The Labute approximate surface area is 240 Å². The van der Waals surface area contributed by atoms with Crippen LogP contribution in [-0.2, 0) is 22.6 Å². The minimum atomic E-state index is -0.542. The lowest BCUT2D eigenvalue weighted by atomic mass is 9.85. The molecule has 4 aromatic rings. The fourth-order valence-corrected chi connectivity index (χ4v) is 5.14. The first kappa shape index (κ1) is 28.7. The molecular weight excluding hydrogens is 520 g/mol. The normalized spacial score (nSPS) is 13.9. The van der Waals surface area contributed by atoms with Gasteiger partial charge in [0, 0.05) is 55.7 Å². The summed E-state index contributed by atoms with van der Waals surface area (Å²) in [6, 6.07) is 10.1. The van der Waals surface area contributed by atoms with Crippen molar-refractivity contribution in [3.8, 4) is 5.75 Å². The molecule has 0 spiro atoms. The second kappa shape index (κ2) is 12.3. The summed E-state index contributed by atoms with van der Waals surface area (Å²) in [5.41, 5.74) is 2.25. The Morgan fingerprint density at radius 2 is 1.95 bits per heavy atom. The lowest BCUT2D eigenvalue weighted by molar-refractivity contribution is 0.0171. The van der Waals surface area contributed by atoms with Gasteiger partial charge in [0.25, 0.3) is 5.56 Å². The quantitative estimate of drug-likeness (QED) is 0.230. The van der Waals surface area contributed by atoms with Crippen molar-refractivity contribution < 1.29 is 19.0 Å². The first-order valence-corrected chi connectivity index (χ1v) is 14.4. The Kier molecular flexibility index (Phi) is 8.63. The van der Waals surface area contributed by atoms with E-state index in [4.69, 9.17) is 14.2 Å². The number of fused-ring (bicyclic) bond motifs is 2. The van der Waals surface area contributed by atoms with E-state index in [1.807, 2.05) is 43.9 Å². The summed E-state index contributed by atoms with van der Waals surface area (Å²) in [4.78, 5) is 35.8. The monoisotopic (exact) mass is 560 g/mol. The van der Waals surface area contributed by atoms with E-state index in [-0.39, 0.29) is 11.7 Å². The van der Waals surface area contributed by atoms with Crippen LogP contribution >= 0.6 is 0 Å². The fraction of sp³-hybridized carbons (Fsp3) is 0.469. The highest BCUT2D eigenvalue weighted by atomic mass is 16.6. The van der Waals surface area contributed by atoms with E-state index in [0.717, 1.165) is 46.8 Å². The molecule has 0 aliphatic heterocycles. The van der Waals surface area contributed by atoms with Crippen LogP contribution < -0.4 is 10.3 Å². The van der Waals surface area contributed by atoms with Crippen molar-refractivity contribution >= 4 is 27.8 Å². The largest absolute Gasteiger partial charge is 0.491 e. The second-order valence-electron chi connectivity index (χ2n) is 11.9. The predicted molar refractivity (Wildman–Crippen MR) is 159 cm³/mol. The number of ether oxygens (including phenoxy) is 3. The Bertz CT molecular complexity index is 1560. The fourth-order valence-electron chi connectivity index (χ4n) is 5.14. The standard InChI is InChI=1S/C32H40N4O5/c1-32(2,3)41-31(38)36(19-22-7-5-8-22)21-25-16-24-10-9-23(15-28(24)34-25)20-35-12-11-26-27(30(35)37)17-33-18-29(26)40-14-6-13-39-4/h9-12,15-18,22,34H,5-8,13-14,19-21H2,1-4H3. The molecule has 218 valence electrons. The Morgan fingerprint density at radius 3 is 2.68 bits per heavy atom. The third-order valence-corrected chi connectivity index (χ3v) is 7.43. The maximum atomic E-state index is 13.3. The molecule has 9 heteroatoms. The van der Waals surface area contributed by atoms with Crippen molar-refractivity contribution in [3.05, 3.63) is 70.5 Å². The van der Waals surface area contributed by atoms with Crippen LogP contribution in [0, 0.1) is 5.92 Å². The lowest BCUT2D eigenvalue weighted by Crippen LogP contribution is -2.40. The number of nitrogens with zero attached hydrogens (tertiary/aromatic N) is 3. The highest BCUT2D eigenvalue weighted by Gasteiger charge is 2.27. The molecule has 41 heavy (non-hydrogen) atoms. The molecule has 1 aliphatic carbocycles. The first-order chi connectivity index (χ1) is 19.7. The van der Waals surface area contributed by atoms with Gasteiger partial charge in [-0.2, -0.15) is 0 Å². The van der Waals surface area contributed by atoms with Crippen molar-refractivity contribution in [1.29, 1.82) is 0 Å². The second-order valence-corrected chi connectivity index (χ2v) is 11.9. The number of carbonyl (C=O) groups is 1. The van der Waals surface area contributed by atoms with Gasteiger partial charge in [0.05, 0.1) is 31.3 Å². The van der Waals surface area contributed by atoms with Crippen LogP contribution in [-0.4, -0.2) is 58.0 Å². The number of hydrogen-bond acceptors (Lipinski definition) is 6. The van der Waals surface area contributed by atoms with Crippen molar-refractivity contribution in [2.45, 2.75) is 65.1 Å². The number of carbonyl (C=O) groups excluding carboxylic acids is 1. The Balaban J connectivity index is 1.32. The number of benzene rings is 1. The third-order valence-electron chi connectivity index (χ3n) is 7.43. The van der Waals surface area contributed by atoms with Crippen LogP contribution in [0.3, 0.4) is 0 Å². The van der Waals surface area contributed by atoms with Gasteiger partial charge < -0.3 is 28.7 Å². The molecule has 0 saturated heterocycles. The van der Waals surface area contributed by atoms with E-state index >= 15 is 0 Å². The molecule has 9 nitrogen and oxygen atoms in total. The van der Waals surface area contributed by atoms with E-state index < -0.39 is 5.60 Å². The minimum Gasteiger partial charge on any atom is -0.491 e. The van der Waals surface area contributed by atoms with Crippen molar-refractivity contribution in [2.75, 3.05) is 26.9 Å². The molecule has 0 unspecified atom stereocenters. The van der Waals surface area contributed by atoms with Crippen molar-refractivity contribution in [1.82, 2.24) is 19.4 Å². The van der Waals surface area contributed by atoms with Gasteiger partial charge in [-0.15, -0.1) is 0 Å². The average molecular weight is 561 g/mol. The molecule has 1 saturated carbocycles. The number of rotatable bonds is 11. The molecule has 0 bridgehead atoms. The van der Waals surface area contributed by atoms with Gasteiger partial charge in [0.1, 0.15) is 11.4 Å². The van der Waals surface area contributed by atoms with E-state index in [1.54, 1.807) is 30.3 Å². The summed E-state index contributed by atoms with van der Waals surface area (Å²) >= 11 is 0. The zero-order valence-corrected chi connectivity index (χ0v) is 24.4. The Hall–Kier alpha value is -3.85. The summed E-state index contributed by atoms with van der Waals surface area (Å²) in [7, 11) is 1.66. The summed E-state index contributed by atoms with van der Waals surface area (Å²) < 4.78 is 18.3. The first-order valence-electron chi connectivity index (χ1n) is 14.4. The van der Waals surface area contributed by atoms with Crippen LogP contribution in [0.1, 0.15) is 57.7 Å². The van der Waals surface area contributed by atoms with E-state index in [0.29, 0.717) is 49.9 Å². The van der Waals surface area contributed by atoms with Gasteiger partial charge in [0.2, 0.25) is 0 Å². The van der Waals surface area contributed by atoms with Crippen molar-refractivity contribution in [2.24, 2.45) is 5.92 Å². The number of pyridine rings is 2. The van der Waals surface area contributed by atoms with Crippen LogP contribution in [0.5, 0.6) is 5.75 Å². The molecule has 1 amide bonds. The molecule has 1 aliphatic rings. The zero-order valence-electron chi connectivity index (χ0n) is 24.4. The molecular formula is C32H40N4O5. The van der Waals surface area contributed by atoms with E-state index in [1.165, 1.54) is 6.42 Å². The summed E-state index contributed by atoms with van der Waals surface area (Å²) in [6.07, 6.45) is 9.05. The molecule has 1 aromatic carbocycles. The average Bonchev–Trinajstić information content (AvgIpc) is 3.30. The van der Waals surface area contributed by atoms with Crippen LogP contribution in [0.4, 0.5) is 4.79 Å². The van der Waals surface area contributed by atoms with Gasteiger partial charge in [-0.05, 0) is 68.7 Å². The van der Waals surface area contributed by atoms with E-state index in [2.05, 4.69) is 22.1 Å². The molecule has 5 rings (SSSR count). The minimum absolute atomic E-state index is 0.117. The van der Waals surface area contributed by atoms with Crippen LogP contribution in [0.2, 0.25) is 0 Å². The molecule has 1 fully saturated rings. The SMILES string of the molecule is COCCCOc1cncc2c(=O)n(Cc3ccc4cc(CN(CC5CCC5)C(=O)OC(C)(C)C)[nH]c4c3)ccc12. The molecule has 1 N–H and O–H groups in total. The third kappa shape index (κ3) is 7.08. The van der Waals surface area contributed by atoms with Gasteiger partial charge in [0.15, 0.2) is 0 Å². The predicted octanol–water partition coefficient (Wildman–Crippen LogP) is 5.88. The summed E-state index contributed by atoms with van der Waals surface area (Å²) in [6.45, 7) is 8.37. The zero-order chi connectivity index (χ0) is 29.0. The molecule has 0 radical (unpaired) electrons. The number of amides is 1. The molecule has 3 heterocycles. The number of nitrogens with one attached hydrogen (secondary N) is 1. The highest BCUT2D eigenvalue weighted by molar-refractivity contribution is 5.86. The number of hydrogen-bond donors (Lipinski definition) is 1. The van der Waals surface area contributed by atoms with E-state index in [9.17, 15) is 9.59 Å². The maximum absolute atomic E-state index is 13.3. The number of aromatic nitrogens is 3. The van der Waals surface area contributed by atoms with Gasteiger partial charge >= 0.3 is 6.09 Å². The topological polar surface area (TPSA) is 98.7 Å². The smallest absolute Gasteiger partial charge is 0.410 e. The summed E-state index contributed by atoms with van der Waals surface area (Å²) in [5.74, 6) is 1.13. The lowest BCUT2D eigenvalue weighted by Gasteiger charge is -2.33. The number of aromatic amines is 1. The highest BCUT2D eigenvalue weighted by Crippen LogP contribution is 2.29. The van der Waals surface area contributed by atoms with Gasteiger partial charge in [-0.25, -0.2) is 4.79 Å². The van der Waals surface area contributed by atoms with Crippen molar-refractivity contribution in [3.63, 3.8) is 0 Å². The molecule has 3 aromatic heterocycles. The van der Waals surface area contributed by atoms with Gasteiger partial charge in [-0.3, -0.25) is 9.78 Å². The van der Waals surface area contributed by atoms with Crippen LogP contribution in [0.25, 0.3) is 21.7 Å². The number of methoxy groups -OCH3 is 1. The molecule has 0 atom stereocenters. The van der Waals surface area contributed by atoms with Crippen LogP contribution in [0.15, 0.2) is 53.7 Å². The maximum Gasteiger partial charge on any atom is 0.410 e. The Morgan fingerprint density at radius 1 is 1.12 bits per heavy atom.